The minimum absolute atomic E-state index is 0.0705. The zero-order chi connectivity index (χ0) is 12.9. The van der Waals surface area contributed by atoms with Crippen LogP contribution in [0.25, 0.3) is 0 Å². The average Bonchev–Trinajstić information content (AvgIpc) is 2.37. The van der Waals surface area contributed by atoms with E-state index in [9.17, 15) is 9.36 Å². The second kappa shape index (κ2) is 6.12. The molecule has 1 rings (SSSR count). The molecule has 1 fully saturated rings. The van der Waals surface area contributed by atoms with Gasteiger partial charge in [-0.3, -0.25) is 9.36 Å². The second-order valence-electron chi connectivity index (χ2n) is 4.75. The van der Waals surface area contributed by atoms with E-state index in [4.69, 9.17) is 9.05 Å². The first-order valence-electron chi connectivity index (χ1n) is 6.44. The van der Waals surface area contributed by atoms with Crippen molar-refractivity contribution in [1.29, 1.82) is 0 Å². The molecule has 1 aliphatic heterocycles. The van der Waals surface area contributed by atoms with Gasteiger partial charge in [0.2, 0.25) is 5.52 Å². The van der Waals surface area contributed by atoms with Crippen LogP contribution >= 0.6 is 7.60 Å². The van der Waals surface area contributed by atoms with Gasteiger partial charge in [-0.05, 0) is 19.3 Å². The third-order valence-corrected chi connectivity index (χ3v) is 5.40. The van der Waals surface area contributed by atoms with Crippen LogP contribution in [-0.2, 0) is 18.4 Å². The monoisotopic (exact) mass is 262 g/mol. The van der Waals surface area contributed by atoms with Gasteiger partial charge in [-0.25, -0.2) is 0 Å². The highest BCUT2D eigenvalue weighted by Crippen LogP contribution is 2.56. The van der Waals surface area contributed by atoms with Crippen molar-refractivity contribution in [3.05, 3.63) is 0 Å². The lowest BCUT2D eigenvalue weighted by Crippen LogP contribution is -2.35. The maximum Gasteiger partial charge on any atom is 0.396 e. The molecule has 0 unspecified atom stereocenters. The summed E-state index contributed by atoms with van der Waals surface area (Å²) in [5.74, 6) is 0. The lowest BCUT2D eigenvalue weighted by molar-refractivity contribution is -0.115. The fraction of sp³-hybridized carbons (Fsp3) is 0.917. The molecule has 0 saturated carbocycles. The Morgan fingerprint density at radius 1 is 1.18 bits per heavy atom. The number of hydrogen-bond acceptors (Lipinski definition) is 4. The summed E-state index contributed by atoms with van der Waals surface area (Å²) in [4.78, 5) is 11.8. The third kappa shape index (κ3) is 3.40. The van der Waals surface area contributed by atoms with Crippen molar-refractivity contribution < 1.29 is 18.4 Å². The molecule has 0 N–H and O–H groups in total. The van der Waals surface area contributed by atoms with Gasteiger partial charge >= 0.3 is 7.60 Å². The zero-order valence-electron chi connectivity index (χ0n) is 11.0. The van der Waals surface area contributed by atoms with Gasteiger partial charge in [0.15, 0.2) is 0 Å². The smallest absolute Gasteiger partial charge is 0.303 e. The number of unbranched alkanes of at least 4 members (excludes halogenated alkanes) is 1. The molecule has 0 aromatic heterocycles. The van der Waals surface area contributed by atoms with Gasteiger partial charge in [0, 0.05) is 11.8 Å². The highest BCUT2D eigenvalue weighted by atomic mass is 31.2. The van der Waals surface area contributed by atoms with Gasteiger partial charge in [0.25, 0.3) is 0 Å². The summed E-state index contributed by atoms with van der Waals surface area (Å²) >= 11 is 0. The molecule has 17 heavy (non-hydrogen) atoms. The maximum absolute atomic E-state index is 12.2. The van der Waals surface area contributed by atoms with Crippen LogP contribution in [0.4, 0.5) is 0 Å². The van der Waals surface area contributed by atoms with E-state index >= 15 is 0 Å². The van der Waals surface area contributed by atoms with Crippen molar-refractivity contribution >= 4 is 13.1 Å². The van der Waals surface area contributed by atoms with Crippen LogP contribution in [0.15, 0.2) is 0 Å². The predicted octanol–water partition coefficient (Wildman–Crippen LogP) is 3.75. The molecule has 0 aromatic carbocycles. The molecule has 1 heterocycles. The standard InChI is InChI=1S/C12H23O4P/c1-4-7-8-11(13)17(14)15-9-12(5-2,6-3)10-16-17/h4-10H2,1-3H3. The second-order valence-corrected chi connectivity index (χ2v) is 6.76. The summed E-state index contributed by atoms with van der Waals surface area (Å²) in [7, 11) is -3.48. The van der Waals surface area contributed by atoms with E-state index in [1.165, 1.54) is 0 Å². The molecule has 0 aliphatic carbocycles. The molecule has 0 aromatic rings. The quantitative estimate of drug-likeness (QED) is 0.684. The van der Waals surface area contributed by atoms with Gasteiger partial charge in [-0.1, -0.05) is 27.2 Å². The van der Waals surface area contributed by atoms with Gasteiger partial charge in [-0.15, -0.1) is 0 Å². The summed E-state index contributed by atoms with van der Waals surface area (Å²) in [5, 5.41) is 0. The van der Waals surface area contributed by atoms with Crippen LogP contribution in [0.3, 0.4) is 0 Å². The van der Waals surface area contributed by atoms with Gasteiger partial charge in [0.1, 0.15) is 0 Å². The molecule has 1 saturated heterocycles. The van der Waals surface area contributed by atoms with Crippen molar-refractivity contribution in [2.75, 3.05) is 13.2 Å². The van der Waals surface area contributed by atoms with Crippen LogP contribution < -0.4 is 0 Å². The van der Waals surface area contributed by atoms with Crippen LogP contribution in [0, 0.1) is 5.41 Å². The molecule has 100 valence electrons. The van der Waals surface area contributed by atoms with E-state index in [1.807, 2.05) is 6.92 Å². The molecule has 0 bridgehead atoms. The molecule has 4 nitrogen and oxygen atoms in total. The zero-order valence-corrected chi connectivity index (χ0v) is 11.9. The van der Waals surface area contributed by atoms with Crippen LogP contribution in [0.5, 0.6) is 0 Å². The molecule has 0 atom stereocenters. The first kappa shape index (κ1) is 14.9. The summed E-state index contributed by atoms with van der Waals surface area (Å²) in [6, 6.07) is 0. The Bertz CT molecular complexity index is 296. The topological polar surface area (TPSA) is 52.6 Å². The molecular formula is C12H23O4P. The number of hydrogen-bond donors (Lipinski definition) is 0. The van der Waals surface area contributed by atoms with Crippen LogP contribution in [0.1, 0.15) is 52.9 Å². The first-order valence-corrected chi connectivity index (χ1v) is 7.98. The van der Waals surface area contributed by atoms with E-state index in [2.05, 4.69) is 13.8 Å². The molecule has 0 amide bonds. The summed E-state index contributed by atoms with van der Waals surface area (Å²) < 4.78 is 22.8. The molecule has 0 spiro atoms. The lowest BCUT2D eigenvalue weighted by Gasteiger charge is -2.37. The summed E-state index contributed by atoms with van der Waals surface area (Å²) in [6.45, 7) is 6.85. The fourth-order valence-electron chi connectivity index (χ4n) is 1.79. The molecular weight excluding hydrogens is 239 g/mol. The fourth-order valence-corrected chi connectivity index (χ4v) is 3.47. The Hall–Kier alpha value is -0.180. The van der Waals surface area contributed by atoms with E-state index in [0.717, 1.165) is 25.7 Å². The van der Waals surface area contributed by atoms with Gasteiger partial charge in [0.05, 0.1) is 13.2 Å². The van der Waals surface area contributed by atoms with Crippen molar-refractivity contribution in [3.8, 4) is 0 Å². The summed E-state index contributed by atoms with van der Waals surface area (Å²) in [5.41, 5.74) is -0.431. The Morgan fingerprint density at radius 3 is 2.12 bits per heavy atom. The van der Waals surface area contributed by atoms with E-state index < -0.39 is 7.60 Å². The predicted molar refractivity (Wildman–Crippen MR) is 67.1 cm³/mol. The summed E-state index contributed by atoms with van der Waals surface area (Å²) in [6.07, 6.45) is 3.75. The molecule has 5 heteroatoms. The highest BCUT2D eigenvalue weighted by Gasteiger charge is 2.44. The van der Waals surface area contributed by atoms with Crippen molar-refractivity contribution in [1.82, 2.24) is 0 Å². The number of carbonyl (C=O) groups excluding carboxylic acids is 1. The SMILES string of the molecule is CCCCC(=O)P1(=O)OCC(CC)(CC)CO1. The molecule has 1 aliphatic rings. The van der Waals surface area contributed by atoms with Gasteiger partial charge in [-0.2, -0.15) is 0 Å². The third-order valence-electron chi connectivity index (χ3n) is 3.63. The van der Waals surface area contributed by atoms with E-state index in [-0.39, 0.29) is 10.9 Å². The number of rotatable bonds is 6. The van der Waals surface area contributed by atoms with Crippen molar-refractivity contribution in [3.63, 3.8) is 0 Å². The van der Waals surface area contributed by atoms with E-state index in [0.29, 0.717) is 19.6 Å². The minimum Gasteiger partial charge on any atom is -0.303 e. The molecule has 0 radical (unpaired) electrons. The van der Waals surface area contributed by atoms with Crippen LogP contribution in [0.2, 0.25) is 0 Å². The normalized spacial score (nSPS) is 22.3. The van der Waals surface area contributed by atoms with Gasteiger partial charge < -0.3 is 9.05 Å². The Balaban J connectivity index is 2.60. The largest absolute Gasteiger partial charge is 0.396 e. The Kier molecular flexibility index (Phi) is 5.36. The average molecular weight is 262 g/mol. The lowest BCUT2D eigenvalue weighted by atomic mass is 9.84. The number of carbonyl (C=O) groups is 1. The Labute approximate surface area is 104 Å². The minimum atomic E-state index is -3.48. The van der Waals surface area contributed by atoms with Crippen molar-refractivity contribution in [2.45, 2.75) is 52.9 Å². The Morgan fingerprint density at radius 2 is 1.71 bits per heavy atom. The maximum atomic E-state index is 12.2. The first-order chi connectivity index (χ1) is 8.02. The van der Waals surface area contributed by atoms with Crippen LogP contribution in [-0.4, -0.2) is 18.7 Å². The van der Waals surface area contributed by atoms with E-state index in [1.54, 1.807) is 0 Å². The van der Waals surface area contributed by atoms with Crippen molar-refractivity contribution in [2.24, 2.45) is 5.41 Å². The highest BCUT2D eigenvalue weighted by molar-refractivity contribution is 7.71.